The number of aromatic amines is 2. The maximum Gasteiger partial charge on any atom is 0.323 e. The molecule has 102 valence electrons. The van der Waals surface area contributed by atoms with Crippen molar-refractivity contribution < 1.29 is 0 Å². The van der Waals surface area contributed by atoms with E-state index in [9.17, 15) is 4.79 Å². The zero-order valence-corrected chi connectivity index (χ0v) is 10.9. The quantitative estimate of drug-likeness (QED) is 0.669. The van der Waals surface area contributed by atoms with Crippen LogP contribution in [-0.2, 0) is 6.54 Å². The van der Waals surface area contributed by atoms with E-state index in [0.717, 1.165) is 43.3 Å². The Labute approximate surface area is 111 Å². The van der Waals surface area contributed by atoms with Crippen molar-refractivity contribution in [2.24, 2.45) is 5.73 Å². The maximum absolute atomic E-state index is 11.2. The Kier molecular flexibility index (Phi) is 3.40. The first-order valence-electron chi connectivity index (χ1n) is 6.90. The van der Waals surface area contributed by atoms with Gasteiger partial charge in [-0.25, -0.2) is 4.79 Å². The summed E-state index contributed by atoms with van der Waals surface area (Å²) in [6.45, 7) is 0.836. The lowest BCUT2D eigenvalue weighted by Gasteiger charge is -2.26. The van der Waals surface area contributed by atoms with E-state index in [1.807, 2.05) is 18.2 Å². The molecule has 0 bridgehead atoms. The van der Waals surface area contributed by atoms with Crippen molar-refractivity contribution in [1.82, 2.24) is 15.3 Å². The van der Waals surface area contributed by atoms with E-state index in [1.54, 1.807) is 0 Å². The second-order valence-corrected chi connectivity index (χ2v) is 5.45. The summed E-state index contributed by atoms with van der Waals surface area (Å²) in [7, 11) is 0. The monoisotopic (exact) mass is 260 g/mol. The van der Waals surface area contributed by atoms with Gasteiger partial charge >= 0.3 is 5.69 Å². The van der Waals surface area contributed by atoms with Gasteiger partial charge in [0.25, 0.3) is 0 Å². The minimum atomic E-state index is -0.152. The zero-order chi connectivity index (χ0) is 13.2. The molecule has 1 saturated carbocycles. The van der Waals surface area contributed by atoms with Gasteiger partial charge in [0, 0.05) is 18.6 Å². The highest BCUT2D eigenvalue weighted by Crippen LogP contribution is 2.18. The number of H-pyrrole nitrogens is 2. The third kappa shape index (κ3) is 2.88. The largest absolute Gasteiger partial charge is 0.328 e. The zero-order valence-electron chi connectivity index (χ0n) is 10.9. The lowest BCUT2D eigenvalue weighted by molar-refractivity contribution is 0.342. The van der Waals surface area contributed by atoms with Crippen LogP contribution in [0.2, 0.25) is 0 Å². The lowest BCUT2D eigenvalue weighted by Crippen LogP contribution is -2.37. The number of rotatable bonds is 3. The lowest BCUT2D eigenvalue weighted by atomic mass is 9.92. The molecule has 1 aromatic carbocycles. The SMILES string of the molecule is NC1CCC(NCc2ccc3[nH]c(=O)[nH]c3c2)CC1. The average Bonchev–Trinajstić information content (AvgIpc) is 2.77. The van der Waals surface area contributed by atoms with Crippen LogP contribution in [0.25, 0.3) is 11.0 Å². The smallest absolute Gasteiger partial charge is 0.323 e. The second-order valence-electron chi connectivity index (χ2n) is 5.45. The van der Waals surface area contributed by atoms with Gasteiger partial charge in [0.05, 0.1) is 11.0 Å². The molecule has 0 amide bonds. The van der Waals surface area contributed by atoms with Crippen molar-refractivity contribution in [1.29, 1.82) is 0 Å². The molecule has 5 nitrogen and oxygen atoms in total. The number of fused-ring (bicyclic) bond motifs is 1. The van der Waals surface area contributed by atoms with E-state index in [2.05, 4.69) is 15.3 Å². The van der Waals surface area contributed by atoms with Gasteiger partial charge in [0.1, 0.15) is 0 Å². The normalized spacial score (nSPS) is 23.8. The van der Waals surface area contributed by atoms with Crippen molar-refractivity contribution >= 4 is 11.0 Å². The van der Waals surface area contributed by atoms with Crippen LogP contribution in [0.3, 0.4) is 0 Å². The Hall–Kier alpha value is -1.59. The molecule has 0 aliphatic heterocycles. The maximum atomic E-state index is 11.2. The van der Waals surface area contributed by atoms with Crippen molar-refractivity contribution in [3.63, 3.8) is 0 Å². The fourth-order valence-corrected chi connectivity index (χ4v) is 2.78. The molecule has 0 atom stereocenters. The molecule has 1 aliphatic carbocycles. The number of imidazole rings is 1. The van der Waals surface area contributed by atoms with Crippen LogP contribution < -0.4 is 16.7 Å². The molecule has 0 saturated heterocycles. The van der Waals surface area contributed by atoms with Crippen LogP contribution in [0.1, 0.15) is 31.2 Å². The topological polar surface area (TPSA) is 86.7 Å². The first kappa shape index (κ1) is 12.4. The van der Waals surface area contributed by atoms with Gasteiger partial charge in [0.15, 0.2) is 0 Å². The van der Waals surface area contributed by atoms with Crippen LogP contribution in [0.15, 0.2) is 23.0 Å². The molecule has 19 heavy (non-hydrogen) atoms. The van der Waals surface area contributed by atoms with Crippen LogP contribution >= 0.6 is 0 Å². The summed E-state index contributed by atoms with van der Waals surface area (Å²) in [5.74, 6) is 0. The highest BCUT2D eigenvalue weighted by Gasteiger charge is 2.17. The van der Waals surface area contributed by atoms with Gasteiger partial charge in [-0.15, -0.1) is 0 Å². The minimum Gasteiger partial charge on any atom is -0.328 e. The molecule has 2 aromatic rings. The molecule has 1 heterocycles. The first-order chi connectivity index (χ1) is 9.20. The molecule has 1 aliphatic rings. The fraction of sp³-hybridized carbons (Fsp3) is 0.500. The summed E-state index contributed by atoms with van der Waals surface area (Å²) in [4.78, 5) is 16.7. The number of nitrogens with two attached hydrogens (primary N) is 1. The van der Waals surface area contributed by atoms with Gasteiger partial charge in [-0.3, -0.25) is 0 Å². The molecule has 3 rings (SSSR count). The summed E-state index contributed by atoms with van der Waals surface area (Å²) in [6, 6.07) is 6.98. The molecule has 5 heteroatoms. The standard InChI is InChI=1S/C14H20N4O/c15-10-2-4-11(5-3-10)16-8-9-1-6-12-13(7-9)18-14(19)17-12/h1,6-7,10-11,16H,2-5,8,15H2,(H2,17,18,19). The molecule has 0 unspecified atom stereocenters. The van der Waals surface area contributed by atoms with Crippen LogP contribution in [0.4, 0.5) is 0 Å². The van der Waals surface area contributed by atoms with Gasteiger partial charge in [0.2, 0.25) is 0 Å². The predicted octanol–water partition coefficient (Wildman–Crippen LogP) is 1.22. The Morgan fingerprint density at radius 2 is 1.89 bits per heavy atom. The Balaban J connectivity index is 1.63. The van der Waals surface area contributed by atoms with Gasteiger partial charge in [-0.1, -0.05) is 6.07 Å². The van der Waals surface area contributed by atoms with Crippen LogP contribution in [0.5, 0.6) is 0 Å². The van der Waals surface area contributed by atoms with E-state index >= 15 is 0 Å². The van der Waals surface area contributed by atoms with Crippen molar-refractivity contribution in [2.45, 2.75) is 44.3 Å². The number of nitrogens with one attached hydrogen (secondary N) is 3. The van der Waals surface area contributed by atoms with Crippen molar-refractivity contribution in [3.05, 3.63) is 34.2 Å². The summed E-state index contributed by atoms with van der Waals surface area (Å²) >= 11 is 0. The van der Waals surface area contributed by atoms with Crippen molar-refractivity contribution in [2.75, 3.05) is 0 Å². The van der Waals surface area contributed by atoms with Crippen molar-refractivity contribution in [3.8, 4) is 0 Å². The van der Waals surface area contributed by atoms with Crippen LogP contribution in [0, 0.1) is 0 Å². The fourth-order valence-electron chi connectivity index (χ4n) is 2.78. The minimum absolute atomic E-state index is 0.152. The first-order valence-corrected chi connectivity index (χ1v) is 6.90. The summed E-state index contributed by atoms with van der Waals surface area (Å²) in [5, 5.41) is 3.57. The molecule has 5 N–H and O–H groups in total. The number of hydrogen-bond acceptors (Lipinski definition) is 3. The average molecular weight is 260 g/mol. The van der Waals surface area contributed by atoms with E-state index in [1.165, 1.54) is 5.56 Å². The van der Waals surface area contributed by atoms with E-state index < -0.39 is 0 Å². The number of benzene rings is 1. The summed E-state index contributed by atoms with van der Waals surface area (Å²) in [6.07, 6.45) is 4.54. The molecule has 0 spiro atoms. The van der Waals surface area contributed by atoms with E-state index in [-0.39, 0.29) is 5.69 Å². The van der Waals surface area contributed by atoms with Gasteiger partial charge in [-0.05, 0) is 43.4 Å². The molecular formula is C14H20N4O. The van der Waals surface area contributed by atoms with Crippen LogP contribution in [-0.4, -0.2) is 22.1 Å². The highest BCUT2D eigenvalue weighted by molar-refractivity contribution is 5.74. The summed E-state index contributed by atoms with van der Waals surface area (Å²) < 4.78 is 0. The Bertz CT molecular complexity index is 607. The summed E-state index contributed by atoms with van der Waals surface area (Å²) in [5.41, 5.74) is 8.67. The molecule has 1 aromatic heterocycles. The highest BCUT2D eigenvalue weighted by atomic mass is 16.1. The van der Waals surface area contributed by atoms with E-state index in [0.29, 0.717) is 12.1 Å². The van der Waals surface area contributed by atoms with Gasteiger partial charge in [-0.2, -0.15) is 0 Å². The molecule has 1 fully saturated rings. The van der Waals surface area contributed by atoms with E-state index in [4.69, 9.17) is 5.73 Å². The molecular weight excluding hydrogens is 240 g/mol. The predicted molar refractivity (Wildman–Crippen MR) is 76.0 cm³/mol. The Morgan fingerprint density at radius 3 is 2.68 bits per heavy atom. The second kappa shape index (κ2) is 5.19. The number of hydrogen-bond donors (Lipinski definition) is 4. The molecule has 0 radical (unpaired) electrons. The third-order valence-corrected chi connectivity index (χ3v) is 3.95. The number of aromatic nitrogens is 2. The van der Waals surface area contributed by atoms with Gasteiger partial charge < -0.3 is 21.0 Å². The third-order valence-electron chi connectivity index (χ3n) is 3.95. The Morgan fingerprint density at radius 1 is 1.16 bits per heavy atom.